The van der Waals surface area contributed by atoms with Crippen molar-refractivity contribution in [3.8, 4) is 34.1 Å². The number of hydrogen-bond donors (Lipinski definition) is 2. The molecular weight excluding hydrogens is 713 g/mol. The predicted octanol–water partition coefficient (Wildman–Crippen LogP) is 7.02. The Hall–Kier alpha value is -4.88. The van der Waals surface area contributed by atoms with Crippen LogP contribution in [0.1, 0.15) is 33.3 Å². The number of para-hydroxylation sites is 1. The largest absolute Gasteiger partial charge is 0.493 e. The minimum Gasteiger partial charge on any atom is -0.493 e. The number of ether oxygens (including phenoxy) is 4. The minimum absolute atomic E-state index is 0.156. The number of fused-ring (bicyclic) bond motifs is 1. The van der Waals surface area contributed by atoms with Crippen LogP contribution in [0.25, 0.3) is 22.0 Å². The fourth-order valence-electron chi connectivity index (χ4n) is 4.56. The lowest BCUT2D eigenvalue weighted by Gasteiger charge is -2.12. The summed E-state index contributed by atoms with van der Waals surface area (Å²) in [5.41, 5.74) is 5.83. The number of carbonyl (C=O) groups excluding carboxylic acids is 3. The number of nitrogens with zero attached hydrogens (tertiary/aromatic N) is 1. The molecule has 0 saturated carbocycles. The van der Waals surface area contributed by atoms with Crippen molar-refractivity contribution in [1.82, 2.24) is 10.4 Å². The number of hydrogen-bond acceptors (Lipinski definition) is 8. The minimum atomic E-state index is -0.683. The van der Waals surface area contributed by atoms with Gasteiger partial charge in [0.1, 0.15) is 5.69 Å². The Kier molecular flexibility index (Phi) is 9.69. The van der Waals surface area contributed by atoms with Gasteiger partial charge in [-0.2, -0.15) is 5.10 Å². The molecule has 1 heterocycles. The first-order chi connectivity index (χ1) is 21.7. The van der Waals surface area contributed by atoms with Crippen LogP contribution in [0.5, 0.6) is 23.0 Å². The van der Waals surface area contributed by atoms with Crippen LogP contribution in [-0.4, -0.2) is 43.3 Å². The summed E-state index contributed by atoms with van der Waals surface area (Å²) in [7, 11) is 2.82. The molecule has 5 rings (SSSR count). The van der Waals surface area contributed by atoms with Crippen molar-refractivity contribution in [2.45, 2.75) is 6.92 Å². The standard InChI is InChI=1S/C33H25ClIN3O7/c1-18(39)44-25-14-12-20(16-28(25)43-3)33(41)45-26-13-11-19(15-27(26)42-2)17-36-38-32(40)31-29(21-7-4-5-9-23(21)34)22-8-6-10-24(35)30(22)37-31/h4-17,37H,1-3H3,(H,38,40). The number of methoxy groups -OCH3 is 2. The third-order valence-electron chi connectivity index (χ3n) is 6.58. The average Bonchev–Trinajstić information content (AvgIpc) is 3.42. The molecule has 0 saturated heterocycles. The van der Waals surface area contributed by atoms with Gasteiger partial charge in [0, 0.05) is 32.0 Å². The molecule has 2 N–H and O–H groups in total. The van der Waals surface area contributed by atoms with Gasteiger partial charge < -0.3 is 23.9 Å². The molecule has 12 heteroatoms. The quantitative estimate of drug-likeness (QED) is 0.0547. The highest BCUT2D eigenvalue weighted by atomic mass is 127. The van der Waals surface area contributed by atoms with Crippen molar-refractivity contribution < 1.29 is 33.3 Å². The van der Waals surface area contributed by atoms with E-state index in [0.717, 1.165) is 20.0 Å². The molecule has 0 aliphatic heterocycles. The van der Waals surface area contributed by atoms with Gasteiger partial charge in [-0.3, -0.25) is 9.59 Å². The van der Waals surface area contributed by atoms with Crippen molar-refractivity contribution in [2.75, 3.05) is 14.2 Å². The fraction of sp³-hybridized carbons (Fsp3) is 0.0909. The van der Waals surface area contributed by atoms with E-state index >= 15 is 0 Å². The molecule has 5 aromatic rings. The first-order valence-corrected chi connectivity index (χ1v) is 14.8. The van der Waals surface area contributed by atoms with Gasteiger partial charge in [0.25, 0.3) is 5.91 Å². The summed E-state index contributed by atoms with van der Waals surface area (Å²) in [5.74, 6) is -0.878. The van der Waals surface area contributed by atoms with E-state index in [1.807, 2.05) is 36.4 Å². The zero-order valence-electron chi connectivity index (χ0n) is 24.1. The second-order valence-electron chi connectivity index (χ2n) is 9.48. The second-order valence-corrected chi connectivity index (χ2v) is 11.0. The van der Waals surface area contributed by atoms with E-state index < -0.39 is 17.8 Å². The number of rotatable bonds is 9. The summed E-state index contributed by atoms with van der Waals surface area (Å²) >= 11 is 8.73. The van der Waals surface area contributed by atoms with Gasteiger partial charge >= 0.3 is 11.9 Å². The van der Waals surface area contributed by atoms with Crippen molar-refractivity contribution in [3.63, 3.8) is 0 Å². The number of benzene rings is 4. The van der Waals surface area contributed by atoms with E-state index in [9.17, 15) is 14.4 Å². The van der Waals surface area contributed by atoms with Crippen molar-refractivity contribution in [2.24, 2.45) is 5.10 Å². The predicted molar refractivity (Wildman–Crippen MR) is 179 cm³/mol. The van der Waals surface area contributed by atoms with Gasteiger partial charge in [-0.05, 0) is 76.7 Å². The number of hydrazone groups is 1. The molecule has 0 atom stereocenters. The third-order valence-corrected chi connectivity index (χ3v) is 7.80. The van der Waals surface area contributed by atoms with Crippen molar-refractivity contribution in [3.05, 3.63) is 104 Å². The lowest BCUT2D eigenvalue weighted by molar-refractivity contribution is -0.132. The molecule has 0 aliphatic rings. The summed E-state index contributed by atoms with van der Waals surface area (Å²) in [4.78, 5) is 40.8. The Balaban J connectivity index is 1.34. The van der Waals surface area contributed by atoms with Crippen LogP contribution in [0, 0.1) is 3.57 Å². The van der Waals surface area contributed by atoms with Crippen LogP contribution < -0.4 is 24.4 Å². The average molecular weight is 738 g/mol. The van der Waals surface area contributed by atoms with Crippen LogP contribution in [0.2, 0.25) is 5.02 Å². The smallest absolute Gasteiger partial charge is 0.343 e. The summed E-state index contributed by atoms with van der Waals surface area (Å²) in [6, 6.07) is 22.2. The van der Waals surface area contributed by atoms with Gasteiger partial charge in [-0.25, -0.2) is 10.2 Å². The Morgan fingerprint density at radius 1 is 0.867 bits per heavy atom. The fourth-order valence-corrected chi connectivity index (χ4v) is 5.42. The molecule has 0 spiro atoms. The molecule has 228 valence electrons. The molecule has 1 amide bonds. The summed E-state index contributed by atoms with van der Waals surface area (Å²) in [6.07, 6.45) is 1.44. The molecule has 0 bridgehead atoms. The Bertz CT molecular complexity index is 1970. The Labute approximate surface area is 276 Å². The van der Waals surface area contributed by atoms with Gasteiger partial charge in [0.2, 0.25) is 0 Å². The monoisotopic (exact) mass is 737 g/mol. The van der Waals surface area contributed by atoms with Gasteiger partial charge in [0.05, 0.1) is 31.5 Å². The van der Waals surface area contributed by atoms with Gasteiger partial charge in [-0.15, -0.1) is 0 Å². The van der Waals surface area contributed by atoms with E-state index in [0.29, 0.717) is 21.8 Å². The number of carbonyl (C=O) groups is 3. The third kappa shape index (κ3) is 6.94. The van der Waals surface area contributed by atoms with Crippen LogP contribution in [-0.2, 0) is 4.79 Å². The van der Waals surface area contributed by atoms with Crippen LogP contribution in [0.3, 0.4) is 0 Å². The van der Waals surface area contributed by atoms with E-state index in [1.54, 1.807) is 24.3 Å². The van der Waals surface area contributed by atoms with Gasteiger partial charge in [-0.1, -0.05) is 41.9 Å². The maximum atomic E-state index is 13.4. The van der Waals surface area contributed by atoms with Crippen molar-refractivity contribution >= 4 is 69.2 Å². The van der Waals surface area contributed by atoms with Crippen LogP contribution >= 0.6 is 34.2 Å². The lowest BCUT2D eigenvalue weighted by atomic mass is 10.0. The molecule has 45 heavy (non-hydrogen) atoms. The number of halogens is 2. The normalized spacial score (nSPS) is 11.0. The first-order valence-electron chi connectivity index (χ1n) is 13.3. The summed E-state index contributed by atoms with van der Waals surface area (Å²) in [5, 5.41) is 5.51. The van der Waals surface area contributed by atoms with Crippen LogP contribution in [0.4, 0.5) is 0 Å². The number of H-pyrrole nitrogens is 1. The summed E-state index contributed by atoms with van der Waals surface area (Å²) < 4.78 is 22.2. The number of aromatic nitrogens is 1. The number of nitrogens with one attached hydrogen (secondary N) is 2. The highest BCUT2D eigenvalue weighted by Gasteiger charge is 2.22. The first kappa shape index (κ1) is 31.5. The molecule has 4 aromatic carbocycles. The highest BCUT2D eigenvalue weighted by Crippen LogP contribution is 2.38. The Morgan fingerprint density at radius 3 is 2.31 bits per heavy atom. The van der Waals surface area contributed by atoms with Gasteiger partial charge in [0.15, 0.2) is 23.0 Å². The summed E-state index contributed by atoms with van der Waals surface area (Å²) in [6.45, 7) is 1.26. The topological polar surface area (TPSA) is 128 Å². The molecule has 0 fully saturated rings. The van der Waals surface area contributed by atoms with E-state index in [2.05, 4.69) is 38.1 Å². The second kappa shape index (κ2) is 13.8. The SMILES string of the molecule is COc1cc(C(=O)Oc2ccc(C=NNC(=O)c3[nH]c4c(I)cccc4c3-c3ccccc3Cl)cc2OC)ccc1OC(C)=O. The number of esters is 2. The lowest BCUT2D eigenvalue weighted by Crippen LogP contribution is -2.19. The van der Waals surface area contributed by atoms with E-state index in [4.69, 9.17) is 30.5 Å². The maximum absolute atomic E-state index is 13.4. The zero-order chi connectivity index (χ0) is 32.1. The molecule has 0 radical (unpaired) electrons. The molecule has 0 unspecified atom stereocenters. The molecule has 1 aromatic heterocycles. The molecule has 10 nitrogen and oxygen atoms in total. The van der Waals surface area contributed by atoms with E-state index in [1.165, 1.54) is 45.6 Å². The highest BCUT2D eigenvalue weighted by molar-refractivity contribution is 14.1. The van der Waals surface area contributed by atoms with Crippen LogP contribution in [0.15, 0.2) is 84.0 Å². The molecule has 0 aliphatic carbocycles. The number of amides is 1. The zero-order valence-corrected chi connectivity index (χ0v) is 27.1. The Morgan fingerprint density at radius 2 is 1.58 bits per heavy atom. The van der Waals surface area contributed by atoms with E-state index in [-0.39, 0.29) is 28.6 Å². The molecular formula is C33H25ClIN3O7. The van der Waals surface area contributed by atoms with Crippen molar-refractivity contribution in [1.29, 1.82) is 0 Å². The maximum Gasteiger partial charge on any atom is 0.343 e. The number of aromatic amines is 1.